The second-order valence-electron chi connectivity index (χ2n) is 7.31. The van der Waals surface area contributed by atoms with Gasteiger partial charge in [-0.25, -0.2) is 0 Å². The Labute approximate surface area is 115 Å². The van der Waals surface area contributed by atoms with Crippen molar-refractivity contribution in [3.63, 3.8) is 0 Å². The van der Waals surface area contributed by atoms with Crippen LogP contribution in [0.4, 0.5) is 0 Å². The van der Waals surface area contributed by atoms with Crippen LogP contribution in [0.5, 0.6) is 0 Å². The van der Waals surface area contributed by atoms with Crippen LogP contribution < -0.4 is 11.1 Å². The molecule has 1 aliphatic heterocycles. The van der Waals surface area contributed by atoms with Crippen molar-refractivity contribution in [1.82, 2.24) is 5.32 Å². The SMILES string of the molecule is CC1CC1CNC(=O)C1(N)C2CCCOC2C1(C)C. The van der Waals surface area contributed by atoms with Gasteiger partial charge in [-0.05, 0) is 31.1 Å². The van der Waals surface area contributed by atoms with E-state index in [4.69, 9.17) is 10.5 Å². The second-order valence-corrected chi connectivity index (χ2v) is 7.31. The predicted molar refractivity (Wildman–Crippen MR) is 73.4 cm³/mol. The van der Waals surface area contributed by atoms with Gasteiger partial charge >= 0.3 is 0 Å². The van der Waals surface area contributed by atoms with Crippen LogP contribution in [0.2, 0.25) is 0 Å². The minimum atomic E-state index is -0.754. The number of hydrogen-bond acceptors (Lipinski definition) is 3. The fourth-order valence-corrected chi connectivity index (χ4v) is 4.09. The molecule has 0 spiro atoms. The molecule has 3 fully saturated rings. The minimum Gasteiger partial charge on any atom is -0.377 e. The average Bonchev–Trinajstić information content (AvgIpc) is 3.11. The molecule has 1 saturated heterocycles. The number of carbonyl (C=O) groups excluding carboxylic acids is 1. The van der Waals surface area contributed by atoms with Crippen LogP contribution in [0, 0.1) is 23.2 Å². The summed E-state index contributed by atoms with van der Waals surface area (Å²) in [5.41, 5.74) is 5.51. The summed E-state index contributed by atoms with van der Waals surface area (Å²) < 4.78 is 5.83. The van der Waals surface area contributed by atoms with Gasteiger partial charge in [-0.3, -0.25) is 4.79 Å². The maximum Gasteiger partial charge on any atom is 0.241 e. The first kappa shape index (κ1) is 13.4. The van der Waals surface area contributed by atoms with Crippen molar-refractivity contribution >= 4 is 5.91 Å². The summed E-state index contributed by atoms with van der Waals surface area (Å²) in [7, 11) is 0. The molecular formula is C15H26N2O2. The largest absolute Gasteiger partial charge is 0.377 e. The van der Waals surface area contributed by atoms with Gasteiger partial charge in [-0.1, -0.05) is 20.8 Å². The molecule has 3 rings (SSSR count). The first-order chi connectivity index (χ1) is 8.89. The molecule has 3 N–H and O–H groups in total. The first-order valence-electron chi connectivity index (χ1n) is 7.58. The molecule has 4 heteroatoms. The third kappa shape index (κ3) is 1.76. The summed E-state index contributed by atoms with van der Waals surface area (Å²) in [6.07, 6.45) is 3.41. The lowest BCUT2D eigenvalue weighted by atomic mass is 9.46. The van der Waals surface area contributed by atoms with Gasteiger partial charge in [0.2, 0.25) is 5.91 Å². The number of amides is 1. The fourth-order valence-electron chi connectivity index (χ4n) is 4.09. The number of ether oxygens (including phenoxy) is 1. The smallest absolute Gasteiger partial charge is 0.241 e. The fraction of sp³-hybridized carbons (Fsp3) is 0.933. The molecule has 2 saturated carbocycles. The average molecular weight is 266 g/mol. The van der Waals surface area contributed by atoms with E-state index < -0.39 is 5.54 Å². The molecule has 0 bridgehead atoms. The van der Waals surface area contributed by atoms with Crippen molar-refractivity contribution in [3.05, 3.63) is 0 Å². The topological polar surface area (TPSA) is 64.4 Å². The number of carbonyl (C=O) groups is 1. The Morgan fingerprint density at radius 3 is 2.79 bits per heavy atom. The highest BCUT2D eigenvalue weighted by atomic mass is 16.5. The lowest BCUT2D eigenvalue weighted by Crippen LogP contribution is -2.82. The van der Waals surface area contributed by atoms with Crippen LogP contribution in [-0.2, 0) is 9.53 Å². The summed E-state index contributed by atoms with van der Waals surface area (Å²) in [5, 5.41) is 3.09. The molecule has 5 atom stereocenters. The van der Waals surface area contributed by atoms with Crippen molar-refractivity contribution in [2.24, 2.45) is 28.9 Å². The first-order valence-corrected chi connectivity index (χ1v) is 7.58. The number of hydrogen-bond donors (Lipinski definition) is 2. The van der Waals surface area contributed by atoms with E-state index in [2.05, 4.69) is 26.1 Å². The van der Waals surface area contributed by atoms with E-state index in [1.807, 2.05) is 0 Å². The van der Waals surface area contributed by atoms with E-state index in [1.54, 1.807) is 0 Å². The summed E-state index contributed by atoms with van der Waals surface area (Å²) in [5.74, 6) is 1.64. The Morgan fingerprint density at radius 1 is 1.47 bits per heavy atom. The third-order valence-corrected chi connectivity index (χ3v) is 5.86. The molecule has 1 heterocycles. The predicted octanol–water partition coefficient (Wildman–Crippen LogP) is 1.29. The van der Waals surface area contributed by atoms with Crippen molar-refractivity contribution in [2.75, 3.05) is 13.2 Å². The van der Waals surface area contributed by atoms with E-state index in [9.17, 15) is 4.79 Å². The van der Waals surface area contributed by atoms with Gasteiger partial charge in [0.05, 0.1) is 6.10 Å². The molecular weight excluding hydrogens is 240 g/mol. The van der Waals surface area contributed by atoms with Crippen LogP contribution in [0.3, 0.4) is 0 Å². The van der Waals surface area contributed by atoms with Crippen molar-refractivity contribution in [2.45, 2.75) is 51.7 Å². The van der Waals surface area contributed by atoms with E-state index in [-0.39, 0.29) is 23.3 Å². The van der Waals surface area contributed by atoms with Gasteiger partial charge in [0.1, 0.15) is 5.54 Å². The Bertz CT molecular complexity index is 396. The van der Waals surface area contributed by atoms with Gasteiger partial charge in [0, 0.05) is 24.5 Å². The molecule has 19 heavy (non-hydrogen) atoms. The Balaban J connectivity index is 1.68. The van der Waals surface area contributed by atoms with E-state index in [1.165, 1.54) is 6.42 Å². The number of fused-ring (bicyclic) bond motifs is 1. The van der Waals surface area contributed by atoms with Gasteiger partial charge in [0.15, 0.2) is 0 Å². The van der Waals surface area contributed by atoms with Gasteiger partial charge in [-0.2, -0.15) is 0 Å². The molecule has 0 aromatic rings. The van der Waals surface area contributed by atoms with E-state index >= 15 is 0 Å². The summed E-state index contributed by atoms with van der Waals surface area (Å²) in [6, 6.07) is 0. The summed E-state index contributed by atoms with van der Waals surface area (Å²) in [6.45, 7) is 7.96. The molecule has 0 radical (unpaired) electrons. The minimum absolute atomic E-state index is 0.0309. The molecule has 3 aliphatic rings. The van der Waals surface area contributed by atoms with Crippen LogP contribution in [0.15, 0.2) is 0 Å². The zero-order valence-electron chi connectivity index (χ0n) is 12.2. The zero-order chi connectivity index (χ0) is 13.8. The van der Waals surface area contributed by atoms with E-state index in [0.29, 0.717) is 5.92 Å². The molecule has 0 aromatic heterocycles. The summed E-state index contributed by atoms with van der Waals surface area (Å²) in [4.78, 5) is 12.6. The Hall–Kier alpha value is -0.610. The second kappa shape index (κ2) is 4.19. The Kier molecular flexibility index (Phi) is 2.95. The van der Waals surface area contributed by atoms with Crippen LogP contribution in [0.1, 0.15) is 40.0 Å². The molecule has 1 amide bonds. The summed E-state index contributed by atoms with van der Waals surface area (Å²) >= 11 is 0. The highest BCUT2D eigenvalue weighted by molar-refractivity contribution is 5.89. The number of nitrogens with one attached hydrogen (secondary N) is 1. The van der Waals surface area contributed by atoms with Gasteiger partial charge in [0.25, 0.3) is 0 Å². The monoisotopic (exact) mass is 266 g/mol. The Morgan fingerprint density at radius 2 is 2.16 bits per heavy atom. The molecule has 2 aliphatic carbocycles. The van der Waals surface area contributed by atoms with Crippen molar-refractivity contribution in [1.29, 1.82) is 0 Å². The quantitative estimate of drug-likeness (QED) is 0.809. The lowest BCUT2D eigenvalue weighted by Gasteiger charge is -2.65. The molecule has 4 nitrogen and oxygen atoms in total. The lowest BCUT2D eigenvalue weighted by molar-refractivity contribution is -0.225. The number of nitrogens with two attached hydrogens (primary N) is 1. The normalized spacial score (nSPS) is 46.9. The van der Waals surface area contributed by atoms with Crippen LogP contribution >= 0.6 is 0 Å². The van der Waals surface area contributed by atoms with Gasteiger partial charge in [-0.15, -0.1) is 0 Å². The van der Waals surface area contributed by atoms with Crippen LogP contribution in [-0.4, -0.2) is 30.7 Å². The molecule has 108 valence electrons. The van der Waals surface area contributed by atoms with Crippen LogP contribution in [0.25, 0.3) is 0 Å². The maximum absolute atomic E-state index is 12.6. The van der Waals surface area contributed by atoms with Crippen molar-refractivity contribution < 1.29 is 9.53 Å². The highest BCUT2D eigenvalue weighted by Crippen LogP contribution is 2.57. The standard InChI is InChI=1S/C15H26N2O2/c1-9-7-10(9)8-17-13(18)15(16)11-5-4-6-19-12(11)14(15,2)3/h9-12H,4-8,16H2,1-3H3,(H,17,18). The van der Waals surface area contributed by atoms with E-state index in [0.717, 1.165) is 31.9 Å². The van der Waals surface area contributed by atoms with Crippen molar-refractivity contribution in [3.8, 4) is 0 Å². The molecule has 5 unspecified atom stereocenters. The number of rotatable bonds is 3. The maximum atomic E-state index is 12.6. The highest BCUT2D eigenvalue weighted by Gasteiger charge is 2.70. The third-order valence-electron chi connectivity index (χ3n) is 5.86. The molecule has 0 aromatic carbocycles. The van der Waals surface area contributed by atoms with Gasteiger partial charge < -0.3 is 15.8 Å². The zero-order valence-corrected chi connectivity index (χ0v) is 12.2.